The van der Waals surface area contributed by atoms with Gasteiger partial charge >= 0.3 is 6.03 Å². The van der Waals surface area contributed by atoms with Crippen LogP contribution in [-0.2, 0) is 0 Å². The summed E-state index contributed by atoms with van der Waals surface area (Å²) in [4.78, 5) is 10.7. The van der Waals surface area contributed by atoms with Gasteiger partial charge in [0.05, 0.1) is 6.10 Å². The Hall–Kier alpha value is -1.59. The fraction of sp³-hybridized carbons (Fsp3) is 0.462. The molecule has 0 aliphatic rings. The van der Waals surface area contributed by atoms with Crippen LogP contribution in [0.1, 0.15) is 31.9 Å². The van der Waals surface area contributed by atoms with Crippen molar-refractivity contribution in [3.8, 4) is 0 Å². The average molecular weight is 251 g/mol. The zero-order valence-corrected chi connectivity index (χ0v) is 10.8. The van der Waals surface area contributed by atoms with Crippen LogP contribution >= 0.6 is 0 Å². The molecule has 0 bridgehead atoms. The number of carbonyl (C=O) groups excluding carboxylic acids is 1. The molecule has 2 unspecified atom stereocenters. The molecule has 2 amide bonds. The Morgan fingerprint density at radius 3 is 2.50 bits per heavy atom. The quantitative estimate of drug-likeness (QED) is 0.619. The first-order valence-corrected chi connectivity index (χ1v) is 6.10. The average Bonchev–Trinajstić information content (AvgIpc) is 2.35. The lowest BCUT2D eigenvalue weighted by Crippen LogP contribution is -2.28. The van der Waals surface area contributed by atoms with Gasteiger partial charge in [-0.1, -0.05) is 19.1 Å². The van der Waals surface area contributed by atoms with Crippen molar-refractivity contribution in [2.24, 2.45) is 5.73 Å². The van der Waals surface area contributed by atoms with E-state index in [9.17, 15) is 9.90 Å². The monoisotopic (exact) mass is 251 g/mol. The molecule has 0 fully saturated rings. The number of nitrogens with two attached hydrogens (primary N) is 1. The van der Waals surface area contributed by atoms with Gasteiger partial charge in [-0.05, 0) is 31.0 Å². The zero-order chi connectivity index (χ0) is 13.5. The Bertz CT molecular complexity index is 378. The van der Waals surface area contributed by atoms with Crippen LogP contribution in [0, 0.1) is 0 Å². The summed E-state index contributed by atoms with van der Waals surface area (Å²) in [6, 6.07) is 7.01. The first-order valence-electron chi connectivity index (χ1n) is 6.10. The largest absolute Gasteiger partial charge is 0.392 e. The second-order valence-corrected chi connectivity index (χ2v) is 4.30. The van der Waals surface area contributed by atoms with E-state index in [1.54, 1.807) is 12.1 Å². The number of amides is 2. The third-order valence-corrected chi connectivity index (χ3v) is 2.81. The van der Waals surface area contributed by atoms with Gasteiger partial charge in [-0.3, -0.25) is 0 Å². The molecule has 0 heterocycles. The molecule has 0 saturated heterocycles. The number of nitrogens with one attached hydrogen (secondary N) is 2. The van der Waals surface area contributed by atoms with Crippen molar-refractivity contribution in [3.05, 3.63) is 29.8 Å². The number of benzene rings is 1. The maximum Gasteiger partial charge on any atom is 0.316 e. The first-order chi connectivity index (χ1) is 8.52. The molecule has 18 heavy (non-hydrogen) atoms. The molecule has 0 spiro atoms. The molecule has 2 atom stereocenters. The topological polar surface area (TPSA) is 87.4 Å². The van der Waals surface area contributed by atoms with E-state index in [2.05, 4.69) is 10.6 Å². The number of carbonyl (C=O) groups is 1. The normalized spacial score (nSPS) is 13.9. The minimum absolute atomic E-state index is 0.147. The summed E-state index contributed by atoms with van der Waals surface area (Å²) in [6.07, 6.45) is 0.421. The van der Waals surface area contributed by atoms with Crippen molar-refractivity contribution in [1.29, 1.82) is 0 Å². The van der Waals surface area contributed by atoms with E-state index >= 15 is 0 Å². The van der Waals surface area contributed by atoms with Crippen molar-refractivity contribution in [2.75, 3.05) is 11.9 Å². The van der Waals surface area contributed by atoms with E-state index < -0.39 is 6.03 Å². The molecular weight excluding hydrogens is 230 g/mol. The number of aliphatic hydroxyl groups excluding tert-OH is 1. The molecule has 0 aliphatic carbocycles. The minimum Gasteiger partial charge on any atom is -0.392 e. The van der Waals surface area contributed by atoms with Gasteiger partial charge in [-0.25, -0.2) is 4.79 Å². The van der Waals surface area contributed by atoms with E-state index in [4.69, 9.17) is 5.73 Å². The molecule has 1 aromatic carbocycles. The molecule has 5 N–H and O–H groups in total. The predicted octanol–water partition coefficient (Wildman–Crippen LogP) is 1.60. The van der Waals surface area contributed by atoms with Crippen LogP contribution in [0.5, 0.6) is 0 Å². The summed E-state index contributed by atoms with van der Waals surface area (Å²) in [5.41, 5.74) is 6.79. The fourth-order valence-electron chi connectivity index (χ4n) is 1.57. The minimum atomic E-state index is -0.569. The van der Waals surface area contributed by atoms with Crippen LogP contribution in [0.25, 0.3) is 0 Å². The summed E-state index contributed by atoms with van der Waals surface area (Å²) in [7, 11) is 0. The molecule has 0 aliphatic heterocycles. The first kappa shape index (κ1) is 14.5. The van der Waals surface area contributed by atoms with Gasteiger partial charge in [0.15, 0.2) is 0 Å². The Labute approximate surface area is 107 Å². The maximum absolute atomic E-state index is 10.7. The van der Waals surface area contributed by atoms with Crippen LogP contribution in [-0.4, -0.2) is 23.8 Å². The van der Waals surface area contributed by atoms with Gasteiger partial charge in [0, 0.05) is 18.3 Å². The van der Waals surface area contributed by atoms with Crippen molar-refractivity contribution in [1.82, 2.24) is 5.32 Å². The molecule has 1 rings (SSSR count). The van der Waals surface area contributed by atoms with Crippen LogP contribution in [0.15, 0.2) is 24.3 Å². The Morgan fingerprint density at radius 1 is 1.39 bits per heavy atom. The number of rotatable bonds is 6. The van der Waals surface area contributed by atoms with Crippen LogP contribution in [0.2, 0.25) is 0 Å². The third-order valence-electron chi connectivity index (χ3n) is 2.81. The lowest BCUT2D eigenvalue weighted by atomic mass is 10.1. The number of hydrogen-bond acceptors (Lipinski definition) is 3. The molecular formula is C13H21N3O2. The van der Waals surface area contributed by atoms with Crippen molar-refractivity contribution < 1.29 is 9.90 Å². The van der Waals surface area contributed by atoms with Crippen LogP contribution in [0.3, 0.4) is 0 Å². The van der Waals surface area contributed by atoms with E-state index in [1.807, 2.05) is 26.0 Å². The number of urea groups is 1. The second kappa shape index (κ2) is 6.98. The van der Waals surface area contributed by atoms with Crippen molar-refractivity contribution in [3.63, 3.8) is 0 Å². The van der Waals surface area contributed by atoms with Gasteiger partial charge in [0.2, 0.25) is 0 Å². The van der Waals surface area contributed by atoms with Gasteiger partial charge in [-0.2, -0.15) is 0 Å². The lowest BCUT2D eigenvalue weighted by Gasteiger charge is -2.17. The highest BCUT2D eigenvalue weighted by molar-refractivity contribution is 5.87. The van der Waals surface area contributed by atoms with E-state index in [0.29, 0.717) is 12.2 Å². The number of anilines is 1. The fourth-order valence-corrected chi connectivity index (χ4v) is 1.57. The van der Waals surface area contributed by atoms with Crippen molar-refractivity contribution in [2.45, 2.75) is 32.4 Å². The Morgan fingerprint density at radius 2 is 2.00 bits per heavy atom. The molecule has 1 aromatic rings. The molecule has 5 heteroatoms. The molecule has 0 radical (unpaired) electrons. The van der Waals surface area contributed by atoms with Crippen molar-refractivity contribution >= 4 is 11.7 Å². The smallest absolute Gasteiger partial charge is 0.316 e. The molecule has 0 aromatic heterocycles. The molecule has 100 valence electrons. The summed E-state index contributed by atoms with van der Waals surface area (Å²) >= 11 is 0. The number of hydrogen-bond donors (Lipinski definition) is 4. The second-order valence-electron chi connectivity index (χ2n) is 4.30. The van der Waals surface area contributed by atoms with Crippen LogP contribution in [0.4, 0.5) is 10.5 Å². The van der Waals surface area contributed by atoms with Gasteiger partial charge in [-0.15, -0.1) is 0 Å². The molecule has 5 nitrogen and oxygen atoms in total. The number of aliphatic hydroxyl groups is 1. The number of primary amides is 1. The third kappa shape index (κ3) is 4.73. The highest BCUT2D eigenvalue weighted by Crippen LogP contribution is 2.15. The summed E-state index contributed by atoms with van der Waals surface area (Å²) < 4.78 is 0. The van der Waals surface area contributed by atoms with Crippen LogP contribution < -0.4 is 16.4 Å². The highest BCUT2D eigenvalue weighted by atomic mass is 16.3. The zero-order valence-electron chi connectivity index (χ0n) is 10.8. The van der Waals surface area contributed by atoms with Gasteiger partial charge in [0.25, 0.3) is 0 Å². The molecule has 0 saturated carbocycles. The van der Waals surface area contributed by atoms with Gasteiger partial charge in [0.1, 0.15) is 0 Å². The SMILES string of the molecule is CCC(O)CNC(C)c1ccc(NC(N)=O)cc1. The van der Waals surface area contributed by atoms with E-state index in [0.717, 1.165) is 12.0 Å². The van der Waals surface area contributed by atoms with Gasteiger partial charge < -0.3 is 21.5 Å². The lowest BCUT2D eigenvalue weighted by molar-refractivity contribution is 0.164. The standard InChI is InChI=1S/C13H21N3O2/c1-3-12(17)8-15-9(2)10-4-6-11(7-5-10)16-13(14)18/h4-7,9,12,15,17H,3,8H2,1-2H3,(H3,14,16,18). The summed E-state index contributed by atoms with van der Waals surface area (Å²) in [5, 5.41) is 15.2. The Kier molecular flexibility index (Phi) is 5.61. The highest BCUT2D eigenvalue weighted by Gasteiger charge is 2.07. The van der Waals surface area contributed by atoms with E-state index in [-0.39, 0.29) is 12.1 Å². The van der Waals surface area contributed by atoms with E-state index in [1.165, 1.54) is 0 Å². The Balaban J connectivity index is 2.53. The maximum atomic E-state index is 10.7. The summed E-state index contributed by atoms with van der Waals surface area (Å²) in [5.74, 6) is 0. The predicted molar refractivity (Wildman–Crippen MR) is 72.4 cm³/mol. The summed E-state index contributed by atoms with van der Waals surface area (Å²) in [6.45, 7) is 4.54.